The van der Waals surface area contributed by atoms with E-state index in [1.807, 2.05) is 18.2 Å². The first-order valence-electron chi connectivity index (χ1n) is 8.59. The molecule has 0 spiro atoms. The maximum atomic E-state index is 12.5. The van der Waals surface area contributed by atoms with Gasteiger partial charge in [0.25, 0.3) is 5.91 Å². The van der Waals surface area contributed by atoms with Gasteiger partial charge in [-0.25, -0.2) is 0 Å². The molecule has 2 atom stereocenters. The number of carbonyl (C=O) groups is 1. The number of fused-ring (bicyclic) bond motifs is 3. The van der Waals surface area contributed by atoms with Gasteiger partial charge in [-0.3, -0.25) is 4.79 Å². The average molecular weight is 359 g/mol. The number of aliphatic hydroxyl groups excluding tert-OH is 1. The second-order valence-electron chi connectivity index (χ2n) is 6.71. The second-order valence-corrected chi connectivity index (χ2v) is 6.71. The van der Waals surface area contributed by atoms with Gasteiger partial charge < -0.3 is 15.7 Å². The Bertz CT molecular complexity index is 778. The van der Waals surface area contributed by atoms with Crippen LogP contribution in [0.25, 0.3) is 11.1 Å². The standard InChI is InChI=1S/C20H22N2O2.ClH/c23-7-6-13-2-1-3-14(8-13)15-4-5-17-18(9-15)20(24)22-11-16-10-21-12-19(16)17;/h1-5,8-9,16,19,21,23H,6-7,10-12H2,(H,22,24);1H/t16-,19+;/m0./s1. The predicted octanol–water partition coefficient (Wildman–Crippen LogP) is 2.36. The van der Waals surface area contributed by atoms with Crippen LogP contribution in [0.15, 0.2) is 42.5 Å². The quantitative estimate of drug-likeness (QED) is 0.789. The minimum absolute atomic E-state index is 0. The number of nitrogens with one attached hydrogen (secondary N) is 2. The molecule has 2 aliphatic rings. The zero-order valence-corrected chi connectivity index (χ0v) is 14.8. The van der Waals surface area contributed by atoms with Crippen LogP contribution in [0.3, 0.4) is 0 Å². The second kappa shape index (κ2) is 7.56. The summed E-state index contributed by atoms with van der Waals surface area (Å²) in [5, 5.41) is 15.6. The Kier molecular flexibility index (Phi) is 5.42. The van der Waals surface area contributed by atoms with Crippen molar-refractivity contribution in [2.45, 2.75) is 12.3 Å². The van der Waals surface area contributed by atoms with Gasteiger partial charge in [0.1, 0.15) is 0 Å². The first kappa shape index (κ1) is 17.9. The lowest BCUT2D eigenvalue weighted by Gasteiger charge is -2.17. The summed E-state index contributed by atoms with van der Waals surface area (Å²) in [6.07, 6.45) is 0.648. The largest absolute Gasteiger partial charge is 0.396 e. The SMILES string of the molecule is Cl.O=C1NC[C@@H]2CNC[C@H]2c2ccc(-c3cccc(CCO)c3)cc21. The Morgan fingerprint density at radius 1 is 1.04 bits per heavy atom. The van der Waals surface area contributed by atoms with Gasteiger partial charge in [0.15, 0.2) is 0 Å². The number of hydrogen-bond donors (Lipinski definition) is 3. The summed E-state index contributed by atoms with van der Waals surface area (Å²) in [6, 6.07) is 14.4. The molecule has 2 heterocycles. The molecule has 4 nitrogen and oxygen atoms in total. The maximum absolute atomic E-state index is 12.5. The van der Waals surface area contributed by atoms with Gasteiger partial charge in [0.2, 0.25) is 0 Å². The van der Waals surface area contributed by atoms with Gasteiger partial charge in [0, 0.05) is 37.7 Å². The summed E-state index contributed by atoms with van der Waals surface area (Å²) in [4.78, 5) is 12.5. The predicted molar refractivity (Wildman–Crippen MR) is 101 cm³/mol. The van der Waals surface area contributed by atoms with E-state index in [0.717, 1.165) is 47.5 Å². The monoisotopic (exact) mass is 358 g/mol. The normalized spacial score (nSPS) is 21.6. The van der Waals surface area contributed by atoms with E-state index in [0.29, 0.717) is 18.3 Å². The fraction of sp³-hybridized carbons (Fsp3) is 0.350. The Hall–Kier alpha value is -1.88. The molecule has 132 valence electrons. The highest BCUT2D eigenvalue weighted by molar-refractivity contribution is 5.97. The fourth-order valence-corrected chi connectivity index (χ4v) is 3.92. The highest BCUT2D eigenvalue weighted by Gasteiger charge is 2.34. The molecule has 2 aromatic rings. The third-order valence-electron chi connectivity index (χ3n) is 5.22. The molecule has 25 heavy (non-hydrogen) atoms. The summed E-state index contributed by atoms with van der Waals surface area (Å²) in [5.74, 6) is 0.926. The number of carbonyl (C=O) groups excluding carboxylic acids is 1. The molecule has 0 aromatic heterocycles. The van der Waals surface area contributed by atoms with Crippen LogP contribution in [-0.4, -0.2) is 37.3 Å². The van der Waals surface area contributed by atoms with Gasteiger partial charge in [-0.1, -0.05) is 36.4 Å². The molecule has 0 radical (unpaired) electrons. The van der Waals surface area contributed by atoms with Crippen molar-refractivity contribution in [3.63, 3.8) is 0 Å². The lowest BCUT2D eigenvalue weighted by atomic mass is 9.86. The minimum Gasteiger partial charge on any atom is -0.396 e. The van der Waals surface area contributed by atoms with E-state index in [9.17, 15) is 4.79 Å². The van der Waals surface area contributed by atoms with Crippen LogP contribution >= 0.6 is 12.4 Å². The molecule has 0 bridgehead atoms. The molecule has 0 unspecified atom stereocenters. The lowest BCUT2D eigenvalue weighted by molar-refractivity contribution is 0.0952. The average Bonchev–Trinajstić information content (AvgIpc) is 3.03. The van der Waals surface area contributed by atoms with Gasteiger partial charge in [0.05, 0.1) is 0 Å². The zero-order chi connectivity index (χ0) is 16.5. The maximum Gasteiger partial charge on any atom is 0.251 e. The molecule has 0 aliphatic carbocycles. The van der Waals surface area contributed by atoms with Crippen LogP contribution < -0.4 is 10.6 Å². The summed E-state index contributed by atoms with van der Waals surface area (Å²) in [6.45, 7) is 2.80. The number of amides is 1. The first-order chi connectivity index (χ1) is 11.8. The Morgan fingerprint density at radius 3 is 2.72 bits per heavy atom. The smallest absolute Gasteiger partial charge is 0.251 e. The van der Waals surface area contributed by atoms with Crippen molar-refractivity contribution >= 4 is 18.3 Å². The van der Waals surface area contributed by atoms with Crippen LogP contribution in [0.4, 0.5) is 0 Å². The molecule has 2 aliphatic heterocycles. The van der Waals surface area contributed by atoms with E-state index in [1.54, 1.807) is 0 Å². The lowest BCUT2D eigenvalue weighted by Crippen LogP contribution is -2.28. The number of aliphatic hydroxyl groups is 1. The fourth-order valence-electron chi connectivity index (χ4n) is 3.92. The van der Waals surface area contributed by atoms with Gasteiger partial charge >= 0.3 is 0 Å². The zero-order valence-electron chi connectivity index (χ0n) is 14.0. The number of hydrogen-bond acceptors (Lipinski definition) is 3. The molecule has 1 amide bonds. The summed E-state index contributed by atoms with van der Waals surface area (Å²) in [5.41, 5.74) is 5.20. The molecular formula is C20H23ClN2O2. The molecule has 5 heteroatoms. The van der Waals surface area contributed by atoms with Crippen molar-refractivity contribution in [1.82, 2.24) is 10.6 Å². The van der Waals surface area contributed by atoms with Crippen LogP contribution in [0, 0.1) is 5.92 Å². The number of halogens is 1. The van der Waals surface area contributed by atoms with Crippen LogP contribution in [0.1, 0.15) is 27.4 Å². The summed E-state index contributed by atoms with van der Waals surface area (Å²) < 4.78 is 0. The van der Waals surface area contributed by atoms with Gasteiger partial charge in [-0.05, 0) is 40.7 Å². The van der Waals surface area contributed by atoms with E-state index in [2.05, 4.69) is 34.9 Å². The van der Waals surface area contributed by atoms with Crippen molar-refractivity contribution in [2.24, 2.45) is 5.92 Å². The summed E-state index contributed by atoms with van der Waals surface area (Å²) in [7, 11) is 0. The number of benzene rings is 2. The van der Waals surface area contributed by atoms with E-state index in [1.165, 1.54) is 0 Å². The van der Waals surface area contributed by atoms with Crippen LogP contribution in [0.5, 0.6) is 0 Å². The van der Waals surface area contributed by atoms with E-state index in [-0.39, 0.29) is 24.9 Å². The third kappa shape index (κ3) is 3.43. The molecule has 0 saturated carbocycles. The van der Waals surface area contributed by atoms with Gasteiger partial charge in [-0.15, -0.1) is 12.4 Å². The molecule has 4 rings (SSSR count). The van der Waals surface area contributed by atoms with E-state index >= 15 is 0 Å². The topological polar surface area (TPSA) is 61.4 Å². The van der Waals surface area contributed by atoms with Crippen molar-refractivity contribution < 1.29 is 9.90 Å². The van der Waals surface area contributed by atoms with Crippen LogP contribution in [0.2, 0.25) is 0 Å². The Labute approximate surface area is 154 Å². The van der Waals surface area contributed by atoms with Crippen LogP contribution in [-0.2, 0) is 6.42 Å². The highest BCUT2D eigenvalue weighted by atomic mass is 35.5. The minimum atomic E-state index is 0. The first-order valence-corrected chi connectivity index (χ1v) is 8.59. The molecule has 1 saturated heterocycles. The van der Waals surface area contributed by atoms with Crippen molar-refractivity contribution in [2.75, 3.05) is 26.2 Å². The molecule has 2 aromatic carbocycles. The summed E-state index contributed by atoms with van der Waals surface area (Å²) >= 11 is 0. The third-order valence-corrected chi connectivity index (χ3v) is 5.22. The highest BCUT2D eigenvalue weighted by Crippen LogP contribution is 2.34. The molecule has 1 fully saturated rings. The van der Waals surface area contributed by atoms with E-state index < -0.39 is 0 Å². The Balaban J connectivity index is 0.00000182. The Morgan fingerprint density at radius 2 is 1.88 bits per heavy atom. The van der Waals surface area contributed by atoms with Gasteiger partial charge in [-0.2, -0.15) is 0 Å². The van der Waals surface area contributed by atoms with E-state index in [4.69, 9.17) is 5.11 Å². The van der Waals surface area contributed by atoms with Crippen molar-refractivity contribution in [3.8, 4) is 11.1 Å². The van der Waals surface area contributed by atoms with Crippen molar-refractivity contribution in [1.29, 1.82) is 0 Å². The molecule has 3 N–H and O–H groups in total. The van der Waals surface area contributed by atoms with Crippen molar-refractivity contribution in [3.05, 3.63) is 59.2 Å². The number of rotatable bonds is 3. The molecular weight excluding hydrogens is 336 g/mol.